The third-order valence-electron chi connectivity index (χ3n) is 4.80. The fourth-order valence-corrected chi connectivity index (χ4v) is 3.20. The molecule has 0 bridgehead atoms. The highest BCUT2D eigenvalue weighted by Crippen LogP contribution is 2.27. The first-order valence-electron chi connectivity index (χ1n) is 10.8. The maximum atomic E-state index is 11.8. The molecule has 0 spiro atoms. The number of hydrogen-bond donors (Lipinski definition) is 1. The summed E-state index contributed by atoms with van der Waals surface area (Å²) in [5.41, 5.74) is 0. The van der Waals surface area contributed by atoms with Crippen LogP contribution in [0.3, 0.4) is 0 Å². The molecule has 0 aliphatic carbocycles. The van der Waals surface area contributed by atoms with Crippen LogP contribution in [0, 0.1) is 0 Å². The summed E-state index contributed by atoms with van der Waals surface area (Å²) in [5.74, 6) is -0.144. The maximum absolute atomic E-state index is 11.8. The zero-order valence-electron chi connectivity index (χ0n) is 18.4. The number of methoxy groups -OCH3 is 1. The summed E-state index contributed by atoms with van der Waals surface area (Å²) in [5, 5.41) is 2.96. The number of nitrogens with one attached hydrogen (secondary N) is 1. The summed E-state index contributed by atoms with van der Waals surface area (Å²) >= 11 is 0. The number of unbranched alkanes of at least 4 members (excludes halogenated alkanes) is 3. The minimum atomic E-state index is -0.590. The van der Waals surface area contributed by atoms with Gasteiger partial charge in [-0.25, -0.2) is 0 Å². The van der Waals surface area contributed by atoms with Crippen LogP contribution < -0.4 is 5.32 Å². The summed E-state index contributed by atoms with van der Waals surface area (Å²) in [6.45, 7) is 10.1. The Labute approximate surface area is 170 Å². The smallest absolute Gasteiger partial charge is 0.217 e. The molecule has 0 aromatic heterocycles. The molecule has 1 aliphatic heterocycles. The molecular weight excluding hydrogens is 362 g/mol. The molecule has 7 nitrogen and oxygen atoms in total. The van der Waals surface area contributed by atoms with E-state index in [9.17, 15) is 4.79 Å². The van der Waals surface area contributed by atoms with Crippen LogP contribution >= 0.6 is 0 Å². The van der Waals surface area contributed by atoms with Gasteiger partial charge < -0.3 is 29.0 Å². The first-order chi connectivity index (χ1) is 13.6. The lowest BCUT2D eigenvalue weighted by molar-refractivity contribution is -0.283. The molecule has 1 amide bonds. The van der Waals surface area contributed by atoms with Crippen molar-refractivity contribution in [3.05, 3.63) is 0 Å². The molecule has 0 saturated carbocycles. The van der Waals surface area contributed by atoms with Crippen LogP contribution in [0.5, 0.6) is 0 Å². The van der Waals surface area contributed by atoms with Crippen LogP contribution in [0.15, 0.2) is 0 Å². The average molecular weight is 404 g/mol. The van der Waals surface area contributed by atoms with Crippen molar-refractivity contribution >= 4 is 5.91 Å². The summed E-state index contributed by atoms with van der Waals surface area (Å²) in [7, 11) is 1.65. The van der Waals surface area contributed by atoms with E-state index in [4.69, 9.17) is 23.7 Å². The van der Waals surface area contributed by atoms with E-state index < -0.39 is 12.3 Å². The molecule has 0 radical (unpaired) electrons. The first-order valence-corrected chi connectivity index (χ1v) is 10.8. The third kappa shape index (κ3) is 8.74. The van der Waals surface area contributed by atoms with Gasteiger partial charge in [0.05, 0.1) is 6.61 Å². The second-order valence-corrected chi connectivity index (χ2v) is 7.31. The predicted octanol–water partition coefficient (Wildman–Crippen LogP) is 3.05. The van der Waals surface area contributed by atoms with Crippen LogP contribution in [-0.2, 0) is 28.5 Å². The number of hydrogen-bond acceptors (Lipinski definition) is 6. The number of amides is 1. The van der Waals surface area contributed by atoms with Gasteiger partial charge in [0.25, 0.3) is 0 Å². The van der Waals surface area contributed by atoms with Gasteiger partial charge in [-0.05, 0) is 19.3 Å². The summed E-state index contributed by atoms with van der Waals surface area (Å²) in [4.78, 5) is 11.8. The maximum Gasteiger partial charge on any atom is 0.217 e. The average Bonchev–Trinajstić information content (AvgIpc) is 2.67. The quantitative estimate of drug-likeness (QED) is 0.424. The van der Waals surface area contributed by atoms with Gasteiger partial charge in [0, 0.05) is 33.9 Å². The van der Waals surface area contributed by atoms with Crippen molar-refractivity contribution in [1.82, 2.24) is 5.32 Å². The Bertz CT molecular complexity index is 408. The highest BCUT2D eigenvalue weighted by molar-refractivity contribution is 5.73. The second-order valence-electron chi connectivity index (χ2n) is 7.31. The first kappa shape index (κ1) is 25.3. The van der Waals surface area contributed by atoms with Gasteiger partial charge >= 0.3 is 0 Å². The van der Waals surface area contributed by atoms with Gasteiger partial charge in [-0.1, -0.05) is 40.0 Å². The van der Waals surface area contributed by atoms with Crippen molar-refractivity contribution in [1.29, 1.82) is 0 Å². The number of ether oxygens (including phenoxy) is 5. The zero-order chi connectivity index (χ0) is 20.8. The van der Waals surface area contributed by atoms with E-state index >= 15 is 0 Å². The van der Waals surface area contributed by atoms with Gasteiger partial charge in [0.2, 0.25) is 5.91 Å². The van der Waals surface area contributed by atoms with Crippen molar-refractivity contribution in [2.45, 2.75) is 96.9 Å². The Kier molecular flexibility index (Phi) is 13.7. The Balaban J connectivity index is 2.94. The Morgan fingerprint density at radius 1 is 0.929 bits per heavy atom. The van der Waals surface area contributed by atoms with Crippen LogP contribution in [0.4, 0.5) is 0 Å². The number of carbonyl (C=O) groups is 1. The molecule has 1 fully saturated rings. The van der Waals surface area contributed by atoms with Gasteiger partial charge in [-0.2, -0.15) is 0 Å². The lowest BCUT2D eigenvalue weighted by Gasteiger charge is -2.45. The molecule has 0 unspecified atom stereocenters. The molecule has 7 heteroatoms. The molecule has 1 heterocycles. The van der Waals surface area contributed by atoms with Crippen LogP contribution in [0.25, 0.3) is 0 Å². The van der Waals surface area contributed by atoms with Crippen molar-refractivity contribution in [2.75, 3.05) is 33.5 Å². The van der Waals surface area contributed by atoms with E-state index in [1.807, 2.05) is 0 Å². The normalized spacial score (nSPS) is 27.7. The van der Waals surface area contributed by atoms with E-state index in [-0.39, 0.29) is 24.2 Å². The fraction of sp³-hybridized carbons (Fsp3) is 0.952. The van der Waals surface area contributed by atoms with E-state index in [0.29, 0.717) is 26.4 Å². The Hall–Kier alpha value is -0.730. The molecule has 0 aromatic carbocycles. The lowest BCUT2D eigenvalue weighted by atomic mass is 9.96. The zero-order valence-corrected chi connectivity index (χ0v) is 18.4. The molecule has 1 rings (SSSR count). The standard InChI is InChI=1S/C21H41NO6/c1-6-9-12-25-15-17-19(24-5)20(26-13-10-7-2)18(22-16(4)23)21(28-17)27-14-11-8-3/h17-21H,6-15H2,1-5H3,(H,22,23)/t17-,18+,19-,20-,21+/m1/s1. The van der Waals surface area contributed by atoms with Crippen LogP contribution in [0.2, 0.25) is 0 Å². The van der Waals surface area contributed by atoms with Crippen molar-refractivity contribution < 1.29 is 28.5 Å². The van der Waals surface area contributed by atoms with Gasteiger partial charge in [-0.15, -0.1) is 0 Å². The number of carbonyl (C=O) groups excluding carboxylic acids is 1. The van der Waals surface area contributed by atoms with Crippen molar-refractivity contribution in [2.24, 2.45) is 0 Å². The predicted molar refractivity (Wildman–Crippen MR) is 108 cm³/mol. The molecule has 5 atom stereocenters. The topological polar surface area (TPSA) is 75.2 Å². The third-order valence-corrected chi connectivity index (χ3v) is 4.80. The largest absolute Gasteiger partial charge is 0.379 e. The lowest BCUT2D eigenvalue weighted by Crippen LogP contribution is -2.66. The number of rotatable bonds is 15. The van der Waals surface area contributed by atoms with Crippen LogP contribution in [-0.4, -0.2) is 70.1 Å². The van der Waals surface area contributed by atoms with E-state index in [2.05, 4.69) is 26.1 Å². The molecule has 1 saturated heterocycles. The Morgan fingerprint density at radius 3 is 2.11 bits per heavy atom. The van der Waals surface area contributed by atoms with E-state index in [0.717, 1.165) is 38.5 Å². The highest BCUT2D eigenvalue weighted by Gasteiger charge is 2.48. The highest BCUT2D eigenvalue weighted by atomic mass is 16.7. The van der Waals surface area contributed by atoms with Gasteiger partial charge in [0.1, 0.15) is 24.4 Å². The fourth-order valence-electron chi connectivity index (χ4n) is 3.20. The summed E-state index contributed by atoms with van der Waals surface area (Å²) in [6.07, 6.45) is 4.41. The second kappa shape index (κ2) is 15.2. The molecule has 166 valence electrons. The molecular formula is C21H41NO6. The van der Waals surface area contributed by atoms with Crippen LogP contribution in [0.1, 0.15) is 66.2 Å². The van der Waals surface area contributed by atoms with Gasteiger partial charge in [-0.3, -0.25) is 4.79 Å². The molecule has 28 heavy (non-hydrogen) atoms. The monoisotopic (exact) mass is 403 g/mol. The molecule has 1 N–H and O–H groups in total. The minimum Gasteiger partial charge on any atom is -0.379 e. The SMILES string of the molecule is CCCCOC[C@H]1O[C@H](OCCCC)[C@@H](NC(C)=O)[C@@H](OCCCC)[C@@H]1OC. The minimum absolute atomic E-state index is 0.144. The summed E-state index contributed by atoms with van der Waals surface area (Å²) in [6, 6.07) is -0.428. The van der Waals surface area contributed by atoms with Gasteiger partial charge in [0.15, 0.2) is 6.29 Å². The van der Waals surface area contributed by atoms with Crippen molar-refractivity contribution in [3.8, 4) is 0 Å². The van der Waals surface area contributed by atoms with E-state index in [1.165, 1.54) is 6.92 Å². The van der Waals surface area contributed by atoms with Crippen molar-refractivity contribution in [3.63, 3.8) is 0 Å². The summed E-state index contributed by atoms with van der Waals surface area (Å²) < 4.78 is 29.9. The Morgan fingerprint density at radius 2 is 1.54 bits per heavy atom. The molecule has 1 aliphatic rings. The molecule has 0 aromatic rings. The van der Waals surface area contributed by atoms with E-state index in [1.54, 1.807) is 7.11 Å².